The first-order valence-electron chi connectivity index (χ1n) is 6.97. The van der Waals surface area contributed by atoms with Crippen molar-refractivity contribution in [1.29, 1.82) is 0 Å². The summed E-state index contributed by atoms with van der Waals surface area (Å²) in [7, 11) is 1.83. The van der Waals surface area contributed by atoms with Crippen LogP contribution in [0.5, 0.6) is 0 Å². The minimum atomic E-state index is -0.414. The van der Waals surface area contributed by atoms with E-state index in [4.69, 9.17) is 5.73 Å². The van der Waals surface area contributed by atoms with Gasteiger partial charge in [-0.15, -0.1) is 0 Å². The van der Waals surface area contributed by atoms with E-state index in [1.54, 1.807) is 4.90 Å². The Balaban J connectivity index is 2.79. The van der Waals surface area contributed by atoms with Crippen molar-refractivity contribution in [2.24, 2.45) is 11.7 Å². The van der Waals surface area contributed by atoms with Crippen LogP contribution in [0.25, 0.3) is 0 Å². The molecule has 0 spiro atoms. The molecule has 3 atom stereocenters. The summed E-state index contributed by atoms with van der Waals surface area (Å²) < 4.78 is 0. The van der Waals surface area contributed by atoms with E-state index in [1.807, 2.05) is 20.9 Å². The van der Waals surface area contributed by atoms with Gasteiger partial charge in [0.25, 0.3) is 0 Å². The first-order chi connectivity index (χ1) is 8.88. The molecule has 0 aliphatic heterocycles. The Labute approximate surface area is 116 Å². The van der Waals surface area contributed by atoms with Crippen LogP contribution < -0.4 is 5.73 Å². The lowest BCUT2D eigenvalue weighted by molar-refractivity contribution is -0.134. The number of aryl methyl sites for hydroxylation is 1. The molecule has 1 rings (SSSR count). The van der Waals surface area contributed by atoms with Gasteiger partial charge in [-0.3, -0.25) is 4.79 Å². The van der Waals surface area contributed by atoms with Gasteiger partial charge in [0.15, 0.2) is 0 Å². The van der Waals surface area contributed by atoms with Crippen molar-refractivity contribution in [3.63, 3.8) is 0 Å². The van der Waals surface area contributed by atoms with Crippen molar-refractivity contribution < 1.29 is 4.79 Å². The van der Waals surface area contributed by atoms with Crippen molar-refractivity contribution >= 4 is 5.91 Å². The maximum absolute atomic E-state index is 12.3. The van der Waals surface area contributed by atoms with Crippen LogP contribution in [0, 0.1) is 12.8 Å². The number of hydrogen-bond acceptors (Lipinski definition) is 2. The van der Waals surface area contributed by atoms with E-state index < -0.39 is 6.04 Å². The Morgan fingerprint density at radius 2 is 1.79 bits per heavy atom. The van der Waals surface area contributed by atoms with E-state index in [-0.39, 0.29) is 17.9 Å². The van der Waals surface area contributed by atoms with E-state index in [2.05, 4.69) is 38.1 Å². The van der Waals surface area contributed by atoms with Crippen LogP contribution in [0.4, 0.5) is 0 Å². The Bertz CT molecular complexity index is 413. The molecule has 0 saturated carbocycles. The fourth-order valence-electron chi connectivity index (χ4n) is 1.99. The van der Waals surface area contributed by atoms with Crippen molar-refractivity contribution in [3.05, 3.63) is 35.4 Å². The first kappa shape index (κ1) is 15.7. The zero-order valence-electron chi connectivity index (χ0n) is 12.7. The number of rotatable bonds is 5. The molecule has 3 nitrogen and oxygen atoms in total. The molecule has 0 heterocycles. The lowest BCUT2D eigenvalue weighted by atomic mass is 9.97. The molecule has 0 aliphatic carbocycles. The normalized spacial score (nSPS) is 15.7. The predicted molar refractivity (Wildman–Crippen MR) is 79.8 cm³/mol. The van der Waals surface area contributed by atoms with Crippen LogP contribution >= 0.6 is 0 Å². The molecule has 0 aromatic heterocycles. The molecule has 19 heavy (non-hydrogen) atoms. The van der Waals surface area contributed by atoms with Crippen molar-refractivity contribution in [2.75, 3.05) is 7.05 Å². The van der Waals surface area contributed by atoms with Crippen LogP contribution in [-0.2, 0) is 4.79 Å². The van der Waals surface area contributed by atoms with Gasteiger partial charge in [0.2, 0.25) is 5.91 Å². The van der Waals surface area contributed by atoms with Gasteiger partial charge in [0.1, 0.15) is 0 Å². The summed E-state index contributed by atoms with van der Waals surface area (Å²) in [6.07, 6.45) is 0.916. The molecule has 1 aromatic rings. The highest BCUT2D eigenvalue weighted by molar-refractivity contribution is 5.82. The van der Waals surface area contributed by atoms with Crippen molar-refractivity contribution in [2.45, 2.75) is 46.2 Å². The van der Waals surface area contributed by atoms with Gasteiger partial charge in [-0.1, -0.05) is 50.1 Å². The zero-order chi connectivity index (χ0) is 14.6. The van der Waals surface area contributed by atoms with Crippen molar-refractivity contribution in [1.82, 2.24) is 4.90 Å². The van der Waals surface area contributed by atoms with Crippen LogP contribution in [0.15, 0.2) is 24.3 Å². The molecule has 3 heteroatoms. The third-order valence-electron chi connectivity index (χ3n) is 4.03. The largest absolute Gasteiger partial charge is 0.338 e. The molecule has 1 amide bonds. The van der Waals surface area contributed by atoms with Gasteiger partial charge in [-0.05, 0) is 25.3 Å². The molecular weight excluding hydrogens is 236 g/mol. The van der Waals surface area contributed by atoms with Gasteiger partial charge in [0.05, 0.1) is 12.1 Å². The Hall–Kier alpha value is -1.35. The molecule has 0 fully saturated rings. The number of nitrogens with two attached hydrogens (primary N) is 1. The lowest BCUT2D eigenvalue weighted by Gasteiger charge is -2.30. The second-order valence-electron chi connectivity index (χ2n) is 5.45. The van der Waals surface area contributed by atoms with Crippen LogP contribution in [0.3, 0.4) is 0 Å². The smallest absolute Gasteiger partial charge is 0.240 e. The Morgan fingerprint density at radius 3 is 2.26 bits per heavy atom. The summed E-state index contributed by atoms with van der Waals surface area (Å²) in [5, 5.41) is 0. The SMILES string of the molecule is CC[C@H](C)[C@H](N)C(=O)N(C)C(C)c1ccc(C)cc1. The molecule has 1 unspecified atom stereocenters. The average Bonchev–Trinajstić information content (AvgIpc) is 2.44. The van der Waals surface area contributed by atoms with Crippen LogP contribution in [0.1, 0.15) is 44.4 Å². The zero-order valence-corrected chi connectivity index (χ0v) is 12.7. The highest BCUT2D eigenvalue weighted by Gasteiger charge is 2.26. The Kier molecular flexibility index (Phi) is 5.55. The summed E-state index contributed by atoms with van der Waals surface area (Å²) in [6, 6.07) is 7.90. The fraction of sp³-hybridized carbons (Fsp3) is 0.562. The molecule has 1 aromatic carbocycles. The third kappa shape index (κ3) is 3.80. The van der Waals surface area contributed by atoms with E-state index in [1.165, 1.54) is 5.56 Å². The van der Waals surface area contributed by atoms with Gasteiger partial charge >= 0.3 is 0 Å². The number of hydrogen-bond donors (Lipinski definition) is 1. The van der Waals surface area contributed by atoms with Crippen LogP contribution in [-0.4, -0.2) is 23.9 Å². The maximum atomic E-state index is 12.3. The minimum Gasteiger partial charge on any atom is -0.338 e. The quantitative estimate of drug-likeness (QED) is 0.887. The summed E-state index contributed by atoms with van der Waals surface area (Å²) >= 11 is 0. The van der Waals surface area contributed by atoms with E-state index in [0.29, 0.717) is 0 Å². The third-order valence-corrected chi connectivity index (χ3v) is 4.03. The standard InChI is InChI=1S/C16H26N2O/c1-6-12(3)15(17)16(19)18(5)13(4)14-9-7-11(2)8-10-14/h7-10,12-13,15H,6,17H2,1-5H3/t12-,13?,15-/m0/s1. The molecule has 0 aliphatic rings. The number of benzene rings is 1. The summed E-state index contributed by atoms with van der Waals surface area (Å²) in [4.78, 5) is 14.1. The monoisotopic (exact) mass is 262 g/mol. The second-order valence-corrected chi connectivity index (χ2v) is 5.45. The summed E-state index contributed by atoms with van der Waals surface area (Å²) in [5.74, 6) is 0.225. The summed E-state index contributed by atoms with van der Waals surface area (Å²) in [6.45, 7) is 8.17. The fourth-order valence-corrected chi connectivity index (χ4v) is 1.99. The molecule has 0 bridgehead atoms. The van der Waals surface area contributed by atoms with Gasteiger partial charge < -0.3 is 10.6 Å². The maximum Gasteiger partial charge on any atom is 0.240 e. The topological polar surface area (TPSA) is 46.3 Å². The number of likely N-dealkylation sites (N-methyl/N-ethyl adjacent to an activating group) is 1. The van der Waals surface area contributed by atoms with E-state index in [9.17, 15) is 4.79 Å². The lowest BCUT2D eigenvalue weighted by Crippen LogP contribution is -2.46. The Morgan fingerprint density at radius 1 is 1.26 bits per heavy atom. The highest BCUT2D eigenvalue weighted by atomic mass is 16.2. The summed E-state index contributed by atoms with van der Waals surface area (Å²) in [5.41, 5.74) is 8.38. The molecule has 2 N–H and O–H groups in total. The first-order valence-corrected chi connectivity index (χ1v) is 6.97. The second kappa shape index (κ2) is 6.71. The van der Waals surface area contributed by atoms with Crippen LogP contribution in [0.2, 0.25) is 0 Å². The number of carbonyl (C=O) groups is 1. The number of carbonyl (C=O) groups excluding carboxylic acids is 1. The highest BCUT2D eigenvalue weighted by Crippen LogP contribution is 2.21. The van der Waals surface area contributed by atoms with Gasteiger partial charge in [-0.25, -0.2) is 0 Å². The molecule has 0 saturated heterocycles. The van der Waals surface area contributed by atoms with Gasteiger partial charge in [0, 0.05) is 7.05 Å². The van der Waals surface area contributed by atoms with Crippen molar-refractivity contribution in [3.8, 4) is 0 Å². The molecular formula is C16H26N2O. The number of amides is 1. The minimum absolute atomic E-state index is 0.0161. The number of nitrogens with zero attached hydrogens (tertiary/aromatic N) is 1. The molecule has 106 valence electrons. The predicted octanol–water partition coefficient (Wildman–Crippen LogP) is 2.89. The van der Waals surface area contributed by atoms with E-state index >= 15 is 0 Å². The van der Waals surface area contributed by atoms with Gasteiger partial charge in [-0.2, -0.15) is 0 Å². The average molecular weight is 262 g/mol. The van der Waals surface area contributed by atoms with E-state index in [0.717, 1.165) is 12.0 Å². The molecule has 0 radical (unpaired) electrons.